The molecule has 4 aromatic rings. The van der Waals surface area contributed by atoms with Gasteiger partial charge in [0.15, 0.2) is 0 Å². The van der Waals surface area contributed by atoms with Crippen molar-refractivity contribution in [2.24, 2.45) is 5.10 Å². The first-order valence-electron chi connectivity index (χ1n) is 9.40. The molecular formula is C22H16Cl2N4O3S. The number of fused-ring (bicyclic) bond motifs is 1. The van der Waals surface area contributed by atoms with Gasteiger partial charge in [-0.1, -0.05) is 23.2 Å². The Bertz CT molecular complexity index is 1410. The molecule has 162 valence electrons. The fourth-order valence-electron chi connectivity index (χ4n) is 3.41. The number of halogens is 2. The number of nitrogens with one attached hydrogen (secondary N) is 1. The maximum Gasteiger partial charge on any atom is 0.281 e. The minimum atomic E-state index is -0.463. The average Bonchev–Trinajstić information content (AvgIpc) is 3.30. The molecule has 0 bridgehead atoms. The maximum atomic E-state index is 12.5. The van der Waals surface area contributed by atoms with Gasteiger partial charge in [-0.05, 0) is 50.2 Å². The predicted molar refractivity (Wildman–Crippen MR) is 129 cm³/mol. The van der Waals surface area contributed by atoms with E-state index in [0.717, 1.165) is 27.3 Å². The van der Waals surface area contributed by atoms with Crippen LogP contribution >= 0.6 is 34.5 Å². The summed E-state index contributed by atoms with van der Waals surface area (Å²) in [5.74, 6) is -0.386. The summed E-state index contributed by atoms with van der Waals surface area (Å²) in [6.45, 7) is 3.90. The summed E-state index contributed by atoms with van der Waals surface area (Å²) in [5.41, 5.74) is 6.10. The SMILES string of the molecule is Cc1cc(C=NNC(=O)c2cc3cc([N+](=O)[O-])ccc3s2)c(C)n1-c1ccc(Cl)c(Cl)c1. The molecule has 0 saturated heterocycles. The van der Waals surface area contributed by atoms with E-state index in [2.05, 4.69) is 10.5 Å². The van der Waals surface area contributed by atoms with Crippen LogP contribution in [0.4, 0.5) is 5.69 Å². The van der Waals surface area contributed by atoms with E-state index in [1.165, 1.54) is 23.5 Å². The molecule has 32 heavy (non-hydrogen) atoms. The monoisotopic (exact) mass is 486 g/mol. The number of aromatic nitrogens is 1. The van der Waals surface area contributed by atoms with Crippen LogP contribution in [0.1, 0.15) is 26.6 Å². The van der Waals surface area contributed by atoms with Crippen molar-refractivity contribution in [2.75, 3.05) is 0 Å². The fraction of sp³-hybridized carbons (Fsp3) is 0.0909. The Hall–Kier alpha value is -3.20. The van der Waals surface area contributed by atoms with E-state index >= 15 is 0 Å². The van der Waals surface area contributed by atoms with E-state index in [1.54, 1.807) is 30.5 Å². The van der Waals surface area contributed by atoms with Crippen LogP contribution in [-0.4, -0.2) is 21.6 Å². The molecule has 0 aliphatic heterocycles. The van der Waals surface area contributed by atoms with E-state index < -0.39 is 4.92 Å². The van der Waals surface area contributed by atoms with Crippen LogP contribution in [-0.2, 0) is 0 Å². The first-order valence-corrected chi connectivity index (χ1v) is 11.0. The lowest BCUT2D eigenvalue weighted by Crippen LogP contribution is -2.16. The van der Waals surface area contributed by atoms with E-state index in [4.69, 9.17) is 23.2 Å². The highest BCUT2D eigenvalue weighted by molar-refractivity contribution is 7.20. The van der Waals surface area contributed by atoms with E-state index in [1.807, 2.05) is 30.5 Å². The van der Waals surface area contributed by atoms with E-state index in [-0.39, 0.29) is 11.6 Å². The molecule has 2 heterocycles. The normalized spacial score (nSPS) is 11.4. The topological polar surface area (TPSA) is 89.5 Å². The fourth-order valence-corrected chi connectivity index (χ4v) is 4.64. The second-order valence-electron chi connectivity index (χ2n) is 7.05. The van der Waals surface area contributed by atoms with Gasteiger partial charge in [-0.3, -0.25) is 14.9 Å². The summed E-state index contributed by atoms with van der Waals surface area (Å²) in [7, 11) is 0. The maximum absolute atomic E-state index is 12.5. The number of carbonyl (C=O) groups is 1. The third-order valence-electron chi connectivity index (χ3n) is 4.94. The molecule has 0 saturated carbocycles. The van der Waals surface area contributed by atoms with Gasteiger partial charge in [0.05, 0.1) is 26.1 Å². The number of thiophene rings is 1. The number of hydrogen-bond acceptors (Lipinski definition) is 5. The highest BCUT2D eigenvalue weighted by Crippen LogP contribution is 2.29. The van der Waals surface area contributed by atoms with Crippen LogP contribution in [0.3, 0.4) is 0 Å². The number of hydrazone groups is 1. The molecule has 0 radical (unpaired) electrons. The van der Waals surface area contributed by atoms with E-state index in [0.29, 0.717) is 20.3 Å². The standard InChI is InChI=1S/C22H16Cl2N4O3S/c1-12-7-15(13(2)27(12)16-3-5-18(23)19(24)10-16)11-25-26-22(29)21-9-14-8-17(28(30)31)4-6-20(14)32-21/h3-11H,1-2H3,(H,26,29). The molecule has 2 aromatic carbocycles. The third-order valence-corrected chi connectivity index (χ3v) is 6.79. The summed E-state index contributed by atoms with van der Waals surface area (Å²) in [5, 5.41) is 16.6. The molecule has 0 fully saturated rings. The van der Waals surface area contributed by atoms with Crippen molar-refractivity contribution in [3.05, 3.63) is 90.5 Å². The average molecular weight is 487 g/mol. The first-order chi connectivity index (χ1) is 15.2. The van der Waals surface area contributed by atoms with Gasteiger partial charge in [-0.25, -0.2) is 5.43 Å². The molecule has 7 nitrogen and oxygen atoms in total. The highest BCUT2D eigenvalue weighted by atomic mass is 35.5. The van der Waals surface area contributed by atoms with Gasteiger partial charge in [0, 0.05) is 44.9 Å². The number of hydrogen-bond donors (Lipinski definition) is 1. The van der Waals surface area contributed by atoms with Crippen molar-refractivity contribution in [1.82, 2.24) is 9.99 Å². The largest absolute Gasteiger partial charge is 0.318 e. The number of non-ortho nitro benzene ring substituents is 1. The van der Waals surface area contributed by atoms with Gasteiger partial charge in [0.25, 0.3) is 11.6 Å². The van der Waals surface area contributed by atoms with Crippen molar-refractivity contribution in [2.45, 2.75) is 13.8 Å². The Morgan fingerprint density at radius 3 is 2.62 bits per heavy atom. The Kier molecular flexibility index (Phi) is 6.01. The van der Waals surface area contributed by atoms with Crippen LogP contribution in [0.25, 0.3) is 15.8 Å². The minimum absolute atomic E-state index is 0.0161. The van der Waals surface area contributed by atoms with Gasteiger partial charge < -0.3 is 4.57 Å². The zero-order valence-corrected chi connectivity index (χ0v) is 19.3. The summed E-state index contributed by atoms with van der Waals surface area (Å²) < 4.78 is 2.81. The molecule has 0 unspecified atom stereocenters. The van der Waals surface area contributed by atoms with E-state index in [9.17, 15) is 14.9 Å². The summed E-state index contributed by atoms with van der Waals surface area (Å²) in [6, 6.07) is 13.5. The number of benzene rings is 2. The lowest BCUT2D eigenvalue weighted by Gasteiger charge is -2.10. The molecule has 0 spiro atoms. The van der Waals surface area contributed by atoms with Crippen LogP contribution in [0.5, 0.6) is 0 Å². The number of aryl methyl sites for hydroxylation is 1. The van der Waals surface area contributed by atoms with Crippen molar-refractivity contribution in [3.63, 3.8) is 0 Å². The summed E-state index contributed by atoms with van der Waals surface area (Å²) in [6.07, 6.45) is 1.58. The molecule has 2 aromatic heterocycles. The van der Waals surface area contributed by atoms with Gasteiger partial charge in [0.2, 0.25) is 0 Å². The molecule has 0 aliphatic carbocycles. The van der Waals surface area contributed by atoms with Crippen molar-refractivity contribution in [3.8, 4) is 5.69 Å². The first kappa shape index (κ1) is 22.0. The quantitative estimate of drug-likeness (QED) is 0.204. The Labute approximate surface area is 197 Å². The van der Waals surface area contributed by atoms with Gasteiger partial charge in [0.1, 0.15) is 0 Å². The minimum Gasteiger partial charge on any atom is -0.318 e. The van der Waals surface area contributed by atoms with Crippen LogP contribution in [0, 0.1) is 24.0 Å². The number of amides is 1. The Morgan fingerprint density at radius 2 is 1.91 bits per heavy atom. The number of nitro benzene ring substituents is 1. The van der Waals surface area contributed by atoms with Gasteiger partial charge in [-0.2, -0.15) is 5.10 Å². The molecule has 10 heteroatoms. The highest BCUT2D eigenvalue weighted by Gasteiger charge is 2.14. The molecule has 0 aliphatic rings. The van der Waals surface area contributed by atoms with Crippen LogP contribution in [0.2, 0.25) is 10.0 Å². The number of nitro groups is 1. The zero-order valence-electron chi connectivity index (χ0n) is 16.9. The number of nitrogens with zero attached hydrogens (tertiary/aromatic N) is 3. The summed E-state index contributed by atoms with van der Waals surface area (Å²) in [4.78, 5) is 23.4. The zero-order chi connectivity index (χ0) is 23.0. The van der Waals surface area contributed by atoms with Gasteiger partial charge in [-0.15, -0.1) is 11.3 Å². The smallest absolute Gasteiger partial charge is 0.281 e. The Morgan fingerprint density at radius 1 is 1.12 bits per heavy atom. The van der Waals surface area contributed by atoms with Crippen LogP contribution < -0.4 is 5.43 Å². The van der Waals surface area contributed by atoms with Crippen LogP contribution in [0.15, 0.2) is 53.6 Å². The van der Waals surface area contributed by atoms with Gasteiger partial charge >= 0.3 is 0 Å². The van der Waals surface area contributed by atoms with Crippen molar-refractivity contribution < 1.29 is 9.72 Å². The predicted octanol–water partition coefficient (Wildman–Crippen LogP) is 6.29. The second-order valence-corrected chi connectivity index (χ2v) is 8.95. The number of rotatable bonds is 5. The lowest BCUT2D eigenvalue weighted by atomic mass is 10.2. The molecule has 1 N–H and O–H groups in total. The Balaban J connectivity index is 1.53. The lowest BCUT2D eigenvalue weighted by molar-refractivity contribution is -0.384. The number of carbonyl (C=O) groups excluding carboxylic acids is 1. The summed E-state index contributed by atoms with van der Waals surface area (Å²) >= 11 is 13.4. The van der Waals surface area contributed by atoms with Crippen molar-refractivity contribution in [1.29, 1.82) is 0 Å². The van der Waals surface area contributed by atoms with Crippen molar-refractivity contribution >= 4 is 62.4 Å². The molecule has 0 atom stereocenters. The molecule has 1 amide bonds. The molecular weight excluding hydrogens is 471 g/mol. The molecule has 4 rings (SSSR count). The second kappa shape index (κ2) is 8.74. The third kappa shape index (κ3) is 4.25.